The van der Waals surface area contributed by atoms with Crippen LogP contribution >= 0.6 is 0 Å². The van der Waals surface area contributed by atoms with E-state index in [0.717, 1.165) is 11.1 Å². The number of para-hydroxylation sites is 1. The van der Waals surface area contributed by atoms with Gasteiger partial charge in [-0.2, -0.15) is 0 Å². The molecule has 0 saturated carbocycles. The quantitative estimate of drug-likeness (QED) is 0.802. The van der Waals surface area contributed by atoms with E-state index in [1.807, 2.05) is 71.0 Å². The number of hydrogen-bond acceptors (Lipinski definition) is 2. The standard InChI is InChI=1S/C20H25N3O2/c1-14-11-15(2)13-16(12-14)18(24)23(20(3,4)5)22-19(25)21-17-9-7-6-8-10-17/h6-13H,1-5H3,(H2,21,22,25). The molecule has 5 heteroatoms. The number of hydrogen-bond donors (Lipinski definition) is 2. The number of benzene rings is 2. The molecular formula is C20H25N3O2. The molecule has 0 fully saturated rings. The van der Waals surface area contributed by atoms with Crippen molar-refractivity contribution in [2.45, 2.75) is 40.2 Å². The van der Waals surface area contributed by atoms with E-state index < -0.39 is 11.6 Å². The highest BCUT2D eigenvalue weighted by Gasteiger charge is 2.29. The second kappa shape index (κ2) is 7.38. The van der Waals surface area contributed by atoms with Crippen molar-refractivity contribution in [2.24, 2.45) is 0 Å². The summed E-state index contributed by atoms with van der Waals surface area (Å²) in [6, 6.07) is 14.3. The Morgan fingerprint density at radius 3 is 2.00 bits per heavy atom. The first-order valence-corrected chi connectivity index (χ1v) is 8.22. The van der Waals surface area contributed by atoms with Crippen LogP contribution in [0.15, 0.2) is 48.5 Å². The fraction of sp³-hybridized carbons (Fsp3) is 0.300. The molecule has 2 aromatic carbocycles. The molecule has 0 heterocycles. The number of anilines is 1. The van der Waals surface area contributed by atoms with E-state index in [9.17, 15) is 9.59 Å². The Labute approximate surface area is 149 Å². The highest BCUT2D eigenvalue weighted by Crippen LogP contribution is 2.17. The first-order chi connectivity index (χ1) is 11.7. The van der Waals surface area contributed by atoms with Crippen LogP contribution < -0.4 is 10.7 Å². The van der Waals surface area contributed by atoms with E-state index in [1.165, 1.54) is 5.01 Å². The molecule has 0 bridgehead atoms. The van der Waals surface area contributed by atoms with Crippen molar-refractivity contribution < 1.29 is 9.59 Å². The average molecular weight is 339 g/mol. The van der Waals surface area contributed by atoms with Crippen molar-refractivity contribution in [3.05, 3.63) is 65.2 Å². The minimum absolute atomic E-state index is 0.248. The van der Waals surface area contributed by atoms with Gasteiger partial charge in [0.1, 0.15) is 0 Å². The molecule has 2 aromatic rings. The minimum Gasteiger partial charge on any atom is -0.307 e. The molecule has 2 N–H and O–H groups in total. The lowest BCUT2D eigenvalue weighted by molar-refractivity contribution is 0.0460. The van der Waals surface area contributed by atoms with E-state index in [1.54, 1.807) is 12.1 Å². The molecule has 0 aliphatic carbocycles. The molecule has 0 aliphatic heterocycles. The number of nitrogens with zero attached hydrogens (tertiary/aromatic N) is 1. The van der Waals surface area contributed by atoms with Crippen LogP contribution in [0.5, 0.6) is 0 Å². The Balaban J connectivity index is 2.21. The summed E-state index contributed by atoms with van der Waals surface area (Å²) in [6.45, 7) is 9.50. The molecule has 0 radical (unpaired) electrons. The Morgan fingerprint density at radius 1 is 0.920 bits per heavy atom. The molecule has 3 amide bonds. The first kappa shape index (κ1) is 18.5. The summed E-state index contributed by atoms with van der Waals surface area (Å²) < 4.78 is 0. The molecule has 132 valence electrons. The fourth-order valence-electron chi connectivity index (χ4n) is 2.53. The predicted octanol–water partition coefficient (Wildman–Crippen LogP) is 4.28. The molecule has 0 aromatic heterocycles. The number of aryl methyl sites for hydroxylation is 2. The van der Waals surface area contributed by atoms with Crippen molar-refractivity contribution in [1.82, 2.24) is 10.4 Å². The number of urea groups is 1. The number of carbonyl (C=O) groups excluding carboxylic acids is 2. The highest BCUT2D eigenvalue weighted by atomic mass is 16.2. The Kier molecular flexibility index (Phi) is 5.47. The molecule has 0 saturated heterocycles. The summed E-state index contributed by atoms with van der Waals surface area (Å²) in [5.41, 5.74) is 5.32. The summed E-state index contributed by atoms with van der Waals surface area (Å²) in [7, 11) is 0. The van der Waals surface area contributed by atoms with Gasteiger partial charge in [0, 0.05) is 11.3 Å². The lowest BCUT2D eigenvalue weighted by Gasteiger charge is -2.35. The topological polar surface area (TPSA) is 61.4 Å². The second-order valence-electron chi connectivity index (χ2n) is 7.12. The van der Waals surface area contributed by atoms with E-state index in [-0.39, 0.29) is 5.91 Å². The van der Waals surface area contributed by atoms with Gasteiger partial charge in [0.05, 0.1) is 5.54 Å². The zero-order valence-electron chi connectivity index (χ0n) is 15.4. The van der Waals surface area contributed by atoms with Crippen LogP contribution in [0, 0.1) is 13.8 Å². The van der Waals surface area contributed by atoms with Gasteiger partial charge in [-0.15, -0.1) is 0 Å². The van der Waals surface area contributed by atoms with Crippen LogP contribution in [-0.4, -0.2) is 22.5 Å². The number of carbonyl (C=O) groups is 2. The van der Waals surface area contributed by atoms with Crippen LogP contribution in [0.2, 0.25) is 0 Å². The van der Waals surface area contributed by atoms with Gasteiger partial charge < -0.3 is 5.32 Å². The molecular weight excluding hydrogens is 314 g/mol. The van der Waals surface area contributed by atoms with Gasteiger partial charge in [-0.25, -0.2) is 15.2 Å². The van der Waals surface area contributed by atoms with E-state index in [0.29, 0.717) is 11.3 Å². The molecule has 0 unspecified atom stereocenters. The predicted molar refractivity (Wildman–Crippen MR) is 100 cm³/mol. The molecule has 25 heavy (non-hydrogen) atoms. The zero-order chi connectivity index (χ0) is 18.6. The van der Waals surface area contributed by atoms with Crippen LogP contribution in [0.4, 0.5) is 10.5 Å². The van der Waals surface area contributed by atoms with Crippen molar-refractivity contribution in [3.8, 4) is 0 Å². The van der Waals surface area contributed by atoms with Crippen LogP contribution in [0.25, 0.3) is 0 Å². The molecule has 0 atom stereocenters. The SMILES string of the molecule is Cc1cc(C)cc(C(=O)N(NC(=O)Nc2ccccc2)C(C)(C)C)c1. The van der Waals surface area contributed by atoms with Crippen molar-refractivity contribution in [2.75, 3.05) is 5.32 Å². The smallest absolute Gasteiger partial charge is 0.307 e. The van der Waals surface area contributed by atoms with E-state index in [2.05, 4.69) is 10.7 Å². The van der Waals surface area contributed by atoms with Gasteiger partial charge in [-0.1, -0.05) is 35.4 Å². The third kappa shape index (κ3) is 5.08. The van der Waals surface area contributed by atoms with Crippen molar-refractivity contribution in [3.63, 3.8) is 0 Å². The Hall–Kier alpha value is -2.82. The first-order valence-electron chi connectivity index (χ1n) is 8.22. The van der Waals surface area contributed by atoms with Gasteiger partial charge >= 0.3 is 6.03 Å². The van der Waals surface area contributed by atoms with Crippen LogP contribution in [-0.2, 0) is 0 Å². The third-order valence-electron chi connectivity index (χ3n) is 3.59. The molecule has 5 nitrogen and oxygen atoms in total. The number of rotatable bonds is 2. The maximum absolute atomic E-state index is 13.0. The van der Waals surface area contributed by atoms with E-state index in [4.69, 9.17) is 0 Å². The van der Waals surface area contributed by atoms with Gasteiger partial charge in [-0.3, -0.25) is 4.79 Å². The van der Waals surface area contributed by atoms with Gasteiger partial charge in [-0.05, 0) is 58.9 Å². The molecule has 0 spiro atoms. The fourth-order valence-corrected chi connectivity index (χ4v) is 2.53. The molecule has 0 aliphatic rings. The summed E-state index contributed by atoms with van der Waals surface area (Å²) in [6.07, 6.45) is 0. The lowest BCUT2D eigenvalue weighted by atomic mass is 10.0. The normalized spacial score (nSPS) is 10.9. The maximum atomic E-state index is 13.0. The van der Waals surface area contributed by atoms with Crippen molar-refractivity contribution >= 4 is 17.6 Å². The number of nitrogens with one attached hydrogen (secondary N) is 2. The van der Waals surface area contributed by atoms with Crippen LogP contribution in [0.3, 0.4) is 0 Å². The van der Waals surface area contributed by atoms with Gasteiger partial charge in [0.15, 0.2) is 0 Å². The Morgan fingerprint density at radius 2 is 1.48 bits per heavy atom. The van der Waals surface area contributed by atoms with E-state index >= 15 is 0 Å². The lowest BCUT2D eigenvalue weighted by Crippen LogP contribution is -2.56. The zero-order valence-corrected chi connectivity index (χ0v) is 15.4. The largest absolute Gasteiger partial charge is 0.338 e. The van der Waals surface area contributed by atoms with Crippen molar-refractivity contribution in [1.29, 1.82) is 0 Å². The minimum atomic E-state index is -0.581. The Bertz CT molecular complexity index is 744. The van der Waals surface area contributed by atoms with Crippen LogP contribution in [0.1, 0.15) is 42.3 Å². The summed E-state index contributed by atoms with van der Waals surface area (Å²) in [4.78, 5) is 25.3. The highest BCUT2D eigenvalue weighted by molar-refractivity contribution is 5.97. The monoisotopic (exact) mass is 339 g/mol. The van der Waals surface area contributed by atoms with Gasteiger partial charge in [0.25, 0.3) is 5.91 Å². The summed E-state index contributed by atoms with van der Waals surface area (Å²) in [5, 5.41) is 4.09. The maximum Gasteiger partial charge on any atom is 0.338 e. The van der Waals surface area contributed by atoms with Gasteiger partial charge in [0.2, 0.25) is 0 Å². The average Bonchev–Trinajstić information content (AvgIpc) is 2.51. The second-order valence-corrected chi connectivity index (χ2v) is 7.12. The number of hydrazine groups is 1. The summed E-state index contributed by atoms with van der Waals surface area (Å²) >= 11 is 0. The third-order valence-corrected chi connectivity index (χ3v) is 3.59. The molecule has 2 rings (SSSR count). The summed E-state index contributed by atoms with van der Waals surface area (Å²) in [5.74, 6) is -0.248. The number of amides is 3.